The van der Waals surface area contributed by atoms with Crippen molar-refractivity contribution in [2.75, 3.05) is 19.6 Å². The number of hydrogen-bond donors (Lipinski definition) is 1. The van der Waals surface area contributed by atoms with E-state index in [-0.39, 0.29) is 18.2 Å². The molecule has 0 atom stereocenters. The maximum Gasteiger partial charge on any atom is 0.227 e. The Morgan fingerprint density at radius 1 is 1.15 bits per heavy atom. The summed E-state index contributed by atoms with van der Waals surface area (Å²) in [4.78, 5) is 30.1. The third-order valence-corrected chi connectivity index (χ3v) is 4.77. The molecule has 0 unspecified atom stereocenters. The van der Waals surface area contributed by atoms with Crippen LogP contribution < -0.4 is 5.32 Å². The molecule has 1 aliphatic rings. The lowest BCUT2D eigenvalue weighted by Crippen LogP contribution is -2.32. The van der Waals surface area contributed by atoms with E-state index in [1.54, 1.807) is 0 Å². The van der Waals surface area contributed by atoms with E-state index in [1.165, 1.54) is 5.56 Å². The molecule has 3 rings (SSSR count). The lowest BCUT2D eigenvalue weighted by atomic mass is 10.1. The standard InChI is InChI=1S/C20H26N4O3/c1-2-15-5-7-16(8-6-15)20-22-18(27-23-20)10-9-17(25)21-12-11-19(26)24-13-3-4-14-24/h5-8H,2-4,9-14H2,1H3,(H,21,25). The van der Waals surface area contributed by atoms with Crippen LogP contribution in [0.3, 0.4) is 0 Å². The summed E-state index contributed by atoms with van der Waals surface area (Å²) in [5.74, 6) is 0.969. The molecule has 1 fully saturated rings. The highest BCUT2D eigenvalue weighted by Gasteiger charge is 2.17. The average molecular weight is 370 g/mol. The highest BCUT2D eigenvalue weighted by molar-refractivity contribution is 5.79. The zero-order chi connectivity index (χ0) is 19.1. The molecule has 0 spiro atoms. The molecule has 144 valence electrons. The first-order valence-electron chi connectivity index (χ1n) is 9.62. The Morgan fingerprint density at radius 3 is 2.59 bits per heavy atom. The molecule has 2 aromatic rings. The van der Waals surface area contributed by atoms with E-state index in [2.05, 4.69) is 22.4 Å². The second kappa shape index (κ2) is 9.30. The fourth-order valence-electron chi connectivity index (χ4n) is 3.11. The fraction of sp³-hybridized carbons (Fsp3) is 0.500. The smallest absolute Gasteiger partial charge is 0.227 e. The Morgan fingerprint density at radius 2 is 1.89 bits per heavy atom. The first-order chi connectivity index (χ1) is 13.2. The van der Waals surface area contributed by atoms with Crippen molar-refractivity contribution >= 4 is 11.8 Å². The second-order valence-corrected chi connectivity index (χ2v) is 6.75. The van der Waals surface area contributed by atoms with Gasteiger partial charge in [-0.05, 0) is 24.8 Å². The topological polar surface area (TPSA) is 88.3 Å². The first-order valence-corrected chi connectivity index (χ1v) is 9.62. The summed E-state index contributed by atoms with van der Waals surface area (Å²) < 4.78 is 5.23. The predicted octanol–water partition coefficient (Wildman–Crippen LogP) is 2.36. The minimum absolute atomic E-state index is 0.114. The Kier molecular flexibility index (Phi) is 6.57. The quantitative estimate of drug-likeness (QED) is 0.771. The van der Waals surface area contributed by atoms with E-state index in [0.717, 1.165) is 37.9 Å². The van der Waals surface area contributed by atoms with Crippen LogP contribution in [-0.4, -0.2) is 46.5 Å². The van der Waals surface area contributed by atoms with Gasteiger partial charge < -0.3 is 14.7 Å². The van der Waals surface area contributed by atoms with E-state index in [0.29, 0.717) is 31.1 Å². The van der Waals surface area contributed by atoms with E-state index < -0.39 is 0 Å². The zero-order valence-electron chi connectivity index (χ0n) is 15.7. The molecule has 1 aliphatic heterocycles. The van der Waals surface area contributed by atoms with Gasteiger partial charge in [-0.3, -0.25) is 9.59 Å². The van der Waals surface area contributed by atoms with Crippen LogP contribution >= 0.6 is 0 Å². The maximum atomic E-state index is 11.9. The molecular formula is C20H26N4O3. The zero-order valence-corrected chi connectivity index (χ0v) is 15.7. The summed E-state index contributed by atoms with van der Waals surface area (Å²) in [5.41, 5.74) is 2.15. The van der Waals surface area contributed by atoms with Crippen molar-refractivity contribution in [3.05, 3.63) is 35.7 Å². The summed E-state index contributed by atoms with van der Waals surface area (Å²) in [6.07, 6.45) is 4.13. The molecule has 2 heterocycles. The van der Waals surface area contributed by atoms with Gasteiger partial charge in [0.1, 0.15) is 0 Å². The van der Waals surface area contributed by atoms with Gasteiger partial charge in [-0.1, -0.05) is 36.3 Å². The summed E-state index contributed by atoms with van der Waals surface area (Å²) in [7, 11) is 0. The summed E-state index contributed by atoms with van der Waals surface area (Å²) >= 11 is 0. The molecule has 0 saturated carbocycles. The Hall–Kier alpha value is -2.70. The molecule has 0 aliphatic carbocycles. The van der Waals surface area contributed by atoms with Crippen molar-refractivity contribution in [1.29, 1.82) is 0 Å². The number of benzene rings is 1. The van der Waals surface area contributed by atoms with Crippen LogP contribution in [0.4, 0.5) is 0 Å². The number of nitrogens with zero attached hydrogens (tertiary/aromatic N) is 3. The van der Waals surface area contributed by atoms with E-state index in [1.807, 2.05) is 29.2 Å². The number of likely N-dealkylation sites (tertiary alicyclic amines) is 1. The summed E-state index contributed by atoms with van der Waals surface area (Å²) in [5, 5.41) is 6.76. The number of nitrogens with one attached hydrogen (secondary N) is 1. The van der Waals surface area contributed by atoms with Gasteiger partial charge in [0.15, 0.2) is 0 Å². The maximum absolute atomic E-state index is 11.9. The van der Waals surface area contributed by atoms with Gasteiger partial charge in [0, 0.05) is 44.5 Å². The highest BCUT2D eigenvalue weighted by atomic mass is 16.5. The largest absolute Gasteiger partial charge is 0.356 e. The predicted molar refractivity (Wildman–Crippen MR) is 101 cm³/mol. The first kappa shape index (κ1) is 19.1. The van der Waals surface area contributed by atoms with Crippen molar-refractivity contribution in [2.24, 2.45) is 0 Å². The summed E-state index contributed by atoms with van der Waals surface area (Å²) in [6.45, 7) is 4.16. The van der Waals surface area contributed by atoms with Crippen molar-refractivity contribution in [3.8, 4) is 11.4 Å². The number of aryl methyl sites for hydroxylation is 2. The third kappa shape index (κ3) is 5.39. The molecule has 7 nitrogen and oxygen atoms in total. The van der Waals surface area contributed by atoms with Gasteiger partial charge in [-0.15, -0.1) is 0 Å². The van der Waals surface area contributed by atoms with Crippen molar-refractivity contribution in [1.82, 2.24) is 20.4 Å². The molecule has 1 aromatic heterocycles. The number of carbonyl (C=O) groups excluding carboxylic acids is 2. The molecule has 0 bridgehead atoms. The second-order valence-electron chi connectivity index (χ2n) is 6.75. The van der Waals surface area contributed by atoms with Gasteiger partial charge in [-0.2, -0.15) is 4.98 Å². The highest BCUT2D eigenvalue weighted by Crippen LogP contribution is 2.17. The Balaban J connectivity index is 1.39. The van der Waals surface area contributed by atoms with Crippen LogP contribution in [0.2, 0.25) is 0 Å². The van der Waals surface area contributed by atoms with Crippen LogP contribution in [0.15, 0.2) is 28.8 Å². The number of carbonyl (C=O) groups is 2. The van der Waals surface area contributed by atoms with Crippen molar-refractivity contribution < 1.29 is 14.1 Å². The summed E-state index contributed by atoms with van der Waals surface area (Å²) in [6, 6.07) is 8.03. The normalized spacial score (nSPS) is 13.7. The molecule has 7 heteroatoms. The van der Waals surface area contributed by atoms with Crippen molar-refractivity contribution in [2.45, 2.75) is 45.4 Å². The average Bonchev–Trinajstić information content (AvgIpc) is 3.38. The number of amides is 2. The van der Waals surface area contributed by atoms with Gasteiger partial charge in [0.05, 0.1) is 0 Å². The molecule has 1 N–H and O–H groups in total. The van der Waals surface area contributed by atoms with Gasteiger partial charge in [0.25, 0.3) is 0 Å². The van der Waals surface area contributed by atoms with Crippen molar-refractivity contribution in [3.63, 3.8) is 0 Å². The lowest BCUT2D eigenvalue weighted by Gasteiger charge is -2.15. The van der Waals surface area contributed by atoms with Crippen LogP contribution in [0, 0.1) is 0 Å². The van der Waals surface area contributed by atoms with Crippen LogP contribution in [-0.2, 0) is 22.4 Å². The van der Waals surface area contributed by atoms with E-state index >= 15 is 0 Å². The van der Waals surface area contributed by atoms with Crippen LogP contribution in [0.25, 0.3) is 11.4 Å². The minimum atomic E-state index is -0.115. The van der Waals surface area contributed by atoms with E-state index in [4.69, 9.17) is 4.52 Å². The number of rotatable bonds is 8. The molecule has 0 radical (unpaired) electrons. The monoisotopic (exact) mass is 370 g/mol. The SMILES string of the molecule is CCc1ccc(-c2noc(CCC(=O)NCCC(=O)N3CCCC3)n2)cc1. The number of hydrogen-bond acceptors (Lipinski definition) is 5. The molecule has 1 saturated heterocycles. The minimum Gasteiger partial charge on any atom is -0.356 e. The van der Waals surface area contributed by atoms with Crippen LogP contribution in [0.1, 0.15) is 44.1 Å². The Labute approximate surface area is 159 Å². The lowest BCUT2D eigenvalue weighted by molar-refractivity contribution is -0.130. The third-order valence-electron chi connectivity index (χ3n) is 4.77. The molecule has 1 aromatic carbocycles. The Bertz CT molecular complexity index is 764. The van der Waals surface area contributed by atoms with Crippen LogP contribution in [0.5, 0.6) is 0 Å². The molecule has 2 amide bonds. The fourth-order valence-corrected chi connectivity index (χ4v) is 3.11. The molecule has 27 heavy (non-hydrogen) atoms. The van der Waals surface area contributed by atoms with Gasteiger partial charge >= 0.3 is 0 Å². The van der Waals surface area contributed by atoms with E-state index in [9.17, 15) is 9.59 Å². The van der Waals surface area contributed by atoms with Gasteiger partial charge in [-0.25, -0.2) is 0 Å². The molecular weight excluding hydrogens is 344 g/mol. The van der Waals surface area contributed by atoms with Gasteiger partial charge in [0.2, 0.25) is 23.5 Å². The number of aromatic nitrogens is 2.